The standard InChI is InChI=1S/C26H34BrNO.ClH/c1-3-5-9-16-28(17-10-6-4-2)19-26(29)23-15-11-14-21-20-12-7-8-13-22(20)25(27)18-24(21)23;/h7-8,11-15,18,26,29H,3-6,9-10,16-17,19H2,1-2H3;1H. The number of halogens is 2. The Kier molecular flexibility index (Phi) is 10.6. The van der Waals surface area contributed by atoms with Gasteiger partial charge in [0, 0.05) is 11.0 Å². The highest BCUT2D eigenvalue weighted by molar-refractivity contribution is 9.10. The first-order valence-electron chi connectivity index (χ1n) is 11.2. The van der Waals surface area contributed by atoms with E-state index in [1.165, 1.54) is 54.7 Å². The third-order valence-electron chi connectivity index (χ3n) is 5.83. The molecule has 0 aromatic heterocycles. The normalized spacial score (nSPS) is 12.4. The van der Waals surface area contributed by atoms with Crippen LogP contribution >= 0.6 is 28.3 Å². The molecule has 1 N–H and O–H groups in total. The summed E-state index contributed by atoms with van der Waals surface area (Å²) < 4.78 is 1.09. The van der Waals surface area contributed by atoms with Gasteiger partial charge in [-0.15, -0.1) is 12.4 Å². The second-order valence-corrected chi connectivity index (χ2v) is 8.93. The molecule has 1 atom stereocenters. The molecule has 0 aliphatic heterocycles. The van der Waals surface area contributed by atoms with E-state index in [1.807, 2.05) is 0 Å². The molecule has 0 heterocycles. The number of hydrogen-bond donors (Lipinski definition) is 1. The smallest absolute Gasteiger partial charge is 0.0922 e. The van der Waals surface area contributed by atoms with Gasteiger partial charge in [0.25, 0.3) is 0 Å². The molecule has 0 saturated heterocycles. The number of aliphatic hydroxyl groups is 1. The third-order valence-corrected chi connectivity index (χ3v) is 6.49. The first-order valence-corrected chi connectivity index (χ1v) is 11.9. The van der Waals surface area contributed by atoms with E-state index < -0.39 is 6.10 Å². The van der Waals surface area contributed by atoms with Gasteiger partial charge < -0.3 is 10.0 Å². The van der Waals surface area contributed by atoms with Crippen molar-refractivity contribution < 1.29 is 5.11 Å². The number of hydrogen-bond acceptors (Lipinski definition) is 2. The molecular formula is C26H35BrClNO. The van der Waals surface area contributed by atoms with Crippen LogP contribution in [0.1, 0.15) is 64.0 Å². The Morgan fingerprint density at radius 2 is 1.37 bits per heavy atom. The third kappa shape index (κ3) is 6.20. The summed E-state index contributed by atoms with van der Waals surface area (Å²) in [6, 6.07) is 17.0. The predicted molar refractivity (Wildman–Crippen MR) is 137 cm³/mol. The molecule has 0 saturated carbocycles. The molecule has 1 unspecified atom stereocenters. The first-order chi connectivity index (χ1) is 14.2. The van der Waals surface area contributed by atoms with Gasteiger partial charge in [-0.05, 0) is 59.1 Å². The number of aliphatic hydroxyl groups excluding tert-OH is 1. The molecule has 164 valence electrons. The lowest BCUT2D eigenvalue weighted by Crippen LogP contribution is -2.31. The van der Waals surface area contributed by atoms with Crippen LogP contribution in [-0.4, -0.2) is 29.6 Å². The molecular weight excluding hydrogens is 458 g/mol. The van der Waals surface area contributed by atoms with Crippen LogP contribution in [-0.2, 0) is 0 Å². The molecule has 0 bridgehead atoms. The first kappa shape index (κ1) is 25.1. The molecule has 4 heteroatoms. The van der Waals surface area contributed by atoms with Gasteiger partial charge >= 0.3 is 0 Å². The summed E-state index contributed by atoms with van der Waals surface area (Å²) in [6.45, 7) is 7.35. The van der Waals surface area contributed by atoms with Crippen molar-refractivity contribution in [1.29, 1.82) is 0 Å². The van der Waals surface area contributed by atoms with Crippen LogP contribution in [0.5, 0.6) is 0 Å². The summed E-state index contributed by atoms with van der Waals surface area (Å²) in [5.41, 5.74) is 1.03. The molecule has 30 heavy (non-hydrogen) atoms. The second-order valence-electron chi connectivity index (χ2n) is 8.08. The fraction of sp³-hybridized carbons (Fsp3) is 0.462. The number of unbranched alkanes of at least 4 members (excludes halogenated alkanes) is 4. The minimum atomic E-state index is -0.477. The lowest BCUT2D eigenvalue weighted by atomic mass is 9.95. The number of nitrogens with zero attached hydrogens (tertiary/aromatic N) is 1. The SMILES string of the molecule is CCCCCN(CCCCC)CC(O)c1cccc2c1cc(Br)c1ccccc12.Cl. The highest BCUT2D eigenvalue weighted by Crippen LogP contribution is 2.35. The fourth-order valence-corrected chi connectivity index (χ4v) is 4.78. The van der Waals surface area contributed by atoms with E-state index in [0.29, 0.717) is 6.54 Å². The van der Waals surface area contributed by atoms with Crippen molar-refractivity contribution in [2.45, 2.75) is 58.5 Å². The summed E-state index contributed by atoms with van der Waals surface area (Å²) >= 11 is 3.74. The minimum absolute atomic E-state index is 0. The Balaban J connectivity index is 0.00000320. The summed E-state index contributed by atoms with van der Waals surface area (Å²) in [4.78, 5) is 2.46. The van der Waals surface area contributed by atoms with E-state index in [2.05, 4.69) is 83.2 Å². The van der Waals surface area contributed by atoms with Gasteiger partial charge in [-0.1, -0.05) is 97.9 Å². The molecule has 0 amide bonds. The van der Waals surface area contributed by atoms with Crippen LogP contribution in [0.4, 0.5) is 0 Å². The van der Waals surface area contributed by atoms with E-state index in [1.54, 1.807) is 0 Å². The Labute approximate surface area is 196 Å². The van der Waals surface area contributed by atoms with E-state index in [9.17, 15) is 5.11 Å². The van der Waals surface area contributed by atoms with Gasteiger partial charge in [0.2, 0.25) is 0 Å². The Morgan fingerprint density at radius 1 is 0.800 bits per heavy atom. The molecule has 0 aliphatic rings. The van der Waals surface area contributed by atoms with Crippen LogP contribution < -0.4 is 0 Å². The maximum Gasteiger partial charge on any atom is 0.0922 e. The lowest BCUT2D eigenvalue weighted by Gasteiger charge is -2.26. The average Bonchev–Trinajstić information content (AvgIpc) is 2.74. The van der Waals surface area contributed by atoms with Crippen molar-refractivity contribution in [1.82, 2.24) is 4.90 Å². The number of rotatable bonds is 11. The van der Waals surface area contributed by atoms with Crippen LogP contribution in [0.15, 0.2) is 53.0 Å². The van der Waals surface area contributed by atoms with Crippen LogP contribution in [0, 0.1) is 0 Å². The van der Waals surface area contributed by atoms with Crippen LogP contribution in [0.2, 0.25) is 0 Å². The molecule has 3 rings (SSSR count). The molecule has 0 fully saturated rings. The van der Waals surface area contributed by atoms with Gasteiger partial charge in [0.05, 0.1) is 6.10 Å². The molecule has 3 aromatic rings. The quantitative estimate of drug-likeness (QED) is 0.217. The highest BCUT2D eigenvalue weighted by atomic mass is 79.9. The Morgan fingerprint density at radius 3 is 2.00 bits per heavy atom. The number of benzene rings is 3. The summed E-state index contributed by atoms with van der Waals surface area (Å²) in [7, 11) is 0. The van der Waals surface area contributed by atoms with E-state index in [-0.39, 0.29) is 12.4 Å². The van der Waals surface area contributed by atoms with Crippen molar-refractivity contribution >= 4 is 49.9 Å². The molecule has 2 nitrogen and oxygen atoms in total. The second kappa shape index (κ2) is 12.7. The van der Waals surface area contributed by atoms with Crippen molar-refractivity contribution in [2.75, 3.05) is 19.6 Å². The topological polar surface area (TPSA) is 23.5 Å². The fourth-order valence-electron chi connectivity index (χ4n) is 4.21. The Hall–Kier alpha value is -1.13. The van der Waals surface area contributed by atoms with Gasteiger partial charge in [-0.2, -0.15) is 0 Å². The largest absolute Gasteiger partial charge is 0.387 e. The summed E-state index contributed by atoms with van der Waals surface area (Å²) in [5, 5.41) is 16.0. The highest BCUT2D eigenvalue weighted by Gasteiger charge is 2.17. The van der Waals surface area contributed by atoms with E-state index >= 15 is 0 Å². The summed E-state index contributed by atoms with van der Waals surface area (Å²) in [5.74, 6) is 0. The van der Waals surface area contributed by atoms with Crippen LogP contribution in [0.3, 0.4) is 0 Å². The van der Waals surface area contributed by atoms with Crippen LogP contribution in [0.25, 0.3) is 21.5 Å². The maximum atomic E-state index is 11.2. The van der Waals surface area contributed by atoms with Gasteiger partial charge in [-0.25, -0.2) is 0 Å². The zero-order valence-electron chi connectivity index (χ0n) is 18.2. The lowest BCUT2D eigenvalue weighted by molar-refractivity contribution is 0.111. The minimum Gasteiger partial charge on any atom is -0.387 e. The average molecular weight is 493 g/mol. The van der Waals surface area contributed by atoms with E-state index in [0.717, 1.165) is 28.5 Å². The summed E-state index contributed by atoms with van der Waals surface area (Å²) in [6.07, 6.45) is 6.92. The zero-order valence-corrected chi connectivity index (χ0v) is 20.6. The van der Waals surface area contributed by atoms with Gasteiger partial charge in [0.15, 0.2) is 0 Å². The number of fused-ring (bicyclic) bond motifs is 3. The van der Waals surface area contributed by atoms with Gasteiger partial charge in [0.1, 0.15) is 0 Å². The maximum absolute atomic E-state index is 11.2. The van der Waals surface area contributed by atoms with Crippen molar-refractivity contribution in [3.63, 3.8) is 0 Å². The monoisotopic (exact) mass is 491 g/mol. The molecule has 0 aliphatic carbocycles. The molecule has 0 spiro atoms. The van der Waals surface area contributed by atoms with Crippen molar-refractivity contribution in [3.8, 4) is 0 Å². The van der Waals surface area contributed by atoms with E-state index in [4.69, 9.17) is 0 Å². The predicted octanol–water partition coefficient (Wildman–Crippen LogP) is 7.89. The van der Waals surface area contributed by atoms with Gasteiger partial charge in [-0.3, -0.25) is 0 Å². The van der Waals surface area contributed by atoms with Crippen molar-refractivity contribution in [2.24, 2.45) is 0 Å². The Bertz CT molecular complexity index is 919. The zero-order chi connectivity index (χ0) is 20.6. The molecule has 3 aromatic carbocycles. The molecule has 0 radical (unpaired) electrons. The van der Waals surface area contributed by atoms with Crippen molar-refractivity contribution in [3.05, 3.63) is 58.6 Å².